The average molecular weight is 504 g/mol. The predicted molar refractivity (Wildman–Crippen MR) is 127 cm³/mol. The number of alkyl halides is 2. The van der Waals surface area contributed by atoms with Crippen molar-refractivity contribution in [2.24, 2.45) is 0 Å². The van der Waals surface area contributed by atoms with Crippen LogP contribution in [0.5, 0.6) is 5.75 Å². The summed E-state index contributed by atoms with van der Waals surface area (Å²) in [7, 11) is 0. The Morgan fingerprint density at radius 2 is 2.00 bits per heavy atom. The fourth-order valence-electron chi connectivity index (χ4n) is 5.32. The number of fused-ring (bicyclic) bond motifs is 2. The molecule has 2 N–H and O–H groups in total. The molecule has 0 amide bonds. The van der Waals surface area contributed by atoms with E-state index in [0.717, 1.165) is 42.4 Å². The highest BCUT2D eigenvalue weighted by atomic mass is 32.1. The lowest BCUT2D eigenvalue weighted by atomic mass is 9.96. The first-order valence-corrected chi connectivity index (χ1v) is 12.6. The number of nitrogens with zero attached hydrogens (tertiary/aromatic N) is 4. The highest BCUT2D eigenvalue weighted by Gasteiger charge is 2.48. The topological polar surface area (TPSA) is 83.3 Å². The normalized spacial score (nSPS) is 25.7. The lowest BCUT2D eigenvalue weighted by Gasteiger charge is -2.40. The number of anilines is 1. The van der Waals surface area contributed by atoms with Crippen molar-refractivity contribution in [3.05, 3.63) is 46.6 Å². The van der Waals surface area contributed by atoms with Crippen molar-refractivity contribution >= 4 is 16.5 Å². The van der Waals surface area contributed by atoms with Crippen LogP contribution < -0.4 is 15.8 Å². The third-order valence-electron chi connectivity index (χ3n) is 7.24. The summed E-state index contributed by atoms with van der Waals surface area (Å²) in [6.07, 6.45) is 4.69. The van der Waals surface area contributed by atoms with Crippen molar-refractivity contribution in [3.8, 4) is 27.4 Å². The molecule has 1 saturated carbocycles. The van der Waals surface area contributed by atoms with Gasteiger partial charge in [0, 0.05) is 36.0 Å². The molecule has 2 bridgehead atoms. The van der Waals surface area contributed by atoms with Gasteiger partial charge < -0.3 is 15.3 Å². The van der Waals surface area contributed by atoms with Crippen LogP contribution in [0.2, 0.25) is 0 Å². The van der Waals surface area contributed by atoms with Gasteiger partial charge in [-0.3, -0.25) is 9.36 Å². The van der Waals surface area contributed by atoms with E-state index in [9.17, 15) is 14.3 Å². The maximum absolute atomic E-state index is 15.3. The Hall–Kier alpha value is -2.92. The number of aromatic hydroxyl groups is 1. The molecule has 35 heavy (non-hydrogen) atoms. The molecule has 4 unspecified atom stereocenters. The molecular weight excluding hydrogens is 479 g/mol. The molecule has 2 saturated heterocycles. The Morgan fingerprint density at radius 3 is 2.74 bits per heavy atom. The van der Waals surface area contributed by atoms with Crippen LogP contribution in [0.25, 0.3) is 21.7 Å². The first kappa shape index (κ1) is 22.5. The van der Waals surface area contributed by atoms with Gasteiger partial charge in [-0.05, 0) is 55.9 Å². The molecule has 1 aromatic carbocycles. The van der Waals surface area contributed by atoms with Gasteiger partial charge in [-0.2, -0.15) is 0 Å². The minimum Gasteiger partial charge on any atom is -0.507 e. The van der Waals surface area contributed by atoms with Gasteiger partial charge in [-0.15, -0.1) is 10.2 Å². The third kappa shape index (κ3) is 4.00. The molecule has 11 heteroatoms. The molecule has 7 nitrogen and oxygen atoms in total. The number of pyridine rings is 1. The van der Waals surface area contributed by atoms with Crippen LogP contribution in [-0.4, -0.2) is 50.2 Å². The van der Waals surface area contributed by atoms with E-state index >= 15 is 8.78 Å². The number of piperidine rings is 1. The number of aromatic nitrogens is 3. The standard InChI is InChI=1S/C24H24F3N5O2S/c25-11-31-6-5-12(7-21(31)34)15-10-20(33)16(9-17(15)26)23-29-30-24(35-23)32(14-2-3-14)19-8-13-1-4-18(28-13)22(19)27/h5-7,9-10,13-14,18-19,22,28,33H,1-4,8,11H2. The summed E-state index contributed by atoms with van der Waals surface area (Å²) in [4.78, 5) is 14.0. The van der Waals surface area contributed by atoms with Gasteiger partial charge in [0.05, 0.1) is 11.6 Å². The lowest BCUT2D eigenvalue weighted by Crippen LogP contribution is -2.57. The summed E-state index contributed by atoms with van der Waals surface area (Å²) in [5.41, 5.74) is -0.194. The number of hydrogen-bond acceptors (Lipinski definition) is 7. The number of phenolic OH excluding ortho intramolecular Hbond substituents is 1. The molecule has 4 heterocycles. The second-order valence-electron chi connectivity index (χ2n) is 9.52. The monoisotopic (exact) mass is 503 g/mol. The molecule has 1 aliphatic carbocycles. The molecule has 6 rings (SSSR count). The summed E-state index contributed by atoms with van der Waals surface area (Å²) in [5, 5.41) is 23.5. The molecule has 3 aromatic rings. The van der Waals surface area contributed by atoms with Crippen molar-refractivity contribution in [1.82, 2.24) is 20.1 Å². The largest absolute Gasteiger partial charge is 0.507 e. The minimum absolute atomic E-state index is 0.0177. The van der Waals surface area contributed by atoms with Gasteiger partial charge in [-0.1, -0.05) is 11.3 Å². The van der Waals surface area contributed by atoms with E-state index in [0.29, 0.717) is 22.6 Å². The van der Waals surface area contributed by atoms with Crippen LogP contribution in [0.4, 0.5) is 18.3 Å². The Morgan fingerprint density at radius 1 is 1.17 bits per heavy atom. The van der Waals surface area contributed by atoms with Gasteiger partial charge >= 0.3 is 0 Å². The van der Waals surface area contributed by atoms with Gasteiger partial charge in [0.2, 0.25) is 5.13 Å². The van der Waals surface area contributed by atoms with Gasteiger partial charge in [0.15, 0.2) is 11.8 Å². The number of halogens is 3. The van der Waals surface area contributed by atoms with E-state index in [1.807, 2.05) is 0 Å². The first-order valence-electron chi connectivity index (χ1n) is 11.7. The highest BCUT2D eigenvalue weighted by Crippen LogP contribution is 2.44. The van der Waals surface area contributed by atoms with Gasteiger partial charge in [-0.25, -0.2) is 13.2 Å². The van der Waals surface area contributed by atoms with Crippen LogP contribution in [0.15, 0.2) is 35.3 Å². The Bertz CT molecular complexity index is 1330. The van der Waals surface area contributed by atoms with Crippen molar-refractivity contribution in [2.75, 3.05) is 4.90 Å². The minimum atomic E-state index is -1.00. The fourth-order valence-corrected chi connectivity index (χ4v) is 6.32. The number of rotatable bonds is 6. The third-order valence-corrected chi connectivity index (χ3v) is 8.21. The van der Waals surface area contributed by atoms with E-state index in [1.54, 1.807) is 0 Å². The summed E-state index contributed by atoms with van der Waals surface area (Å²) in [6.45, 7) is -0.981. The molecule has 3 fully saturated rings. The molecule has 2 aromatic heterocycles. The second-order valence-corrected chi connectivity index (χ2v) is 10.5. The van der Waals surface area contributed by atoms with Gasteiger partial charge in [0.1, 0.15) is 17.7 Å². The zero-order valence-electron chi connectivity index (χ0n) is 18.7. The van der Waals surface area contributed by atoms with E-state index in [4.69, 9.17) is 0 Å². The molecule has 0 radical (unpaired) electrons. The molecule has 2 aliphatic heterocycles. The first-order chi connectivity index (χ1) is 16.9. The highest BCUT2D eigenvalue weighted by molar-refractivity contribution is 7.18. The van der Waals surface area contributed by atoms with Crippen molar-refractivity contribution in [2.45, 2.75) is 69.2 Å². The number of nitrogens with one attached hydrogen (secondary N) is 1. The van der Waals surface area contributed by atoms with E-state index in [2.05, 4.69) is 20.4 Å². The summed E-state index contributed by atoms with van der Waals surface area (Å²) in [6, 6.07) is 5.02. The predicted octanol–water partition coefficient (Wildman–Crippen LogP) is 4.01. The van der Waals surface area contributed by atoms with Crippen LogP contribution in [-0.2, 0) is 6.80 Å². The van der Waals surface area contributed by atoms with Crippen molar-refractivity contribution in [1.29, 1.82) is 0 Å². The summed E-state index contributed by atoms with van der Waals surface area (Å²) in [5.74, 6) is -0.884. The van der Waals surface area contributed by atoms with Crippen molar-refractivity contribution < 1.29 is 18.3 Å². The molecule has 0 spiro atoms. The zero-order valence-corrected chi connectivity index (χ0v) is 19.5. The fraction of sp³-hybridized carbons (Fsp3) is 0.458. The van der Waals surface area contributed by atoms with Crippen molar-refractivity contribution in [3.63, 3.8) is 0 Å². The van der Waals surface area contributed by atoms with E-state index in [1.165, 1.54) is 29.7 Å². The lowest BCUT2D eigenvalue weighted by molar-refractivity contribution is 0.172. The molecular formula is C24H24F3N5O2S. The maximum Gasteiger partial charge on any atom is 0.253 e. The van der Waals surface area contributed by atoms with Crippen LogP contribution >= 0.6 is 11.3 Å². The Kier molecular flexibility index (Phi) is 5.56. The smallest absolute Gasteiger partial charge is 0.253 e. The number of benzene rings is 1. The van der Waals surface area contributed by atoms with Gasteiger partial charge in [0.25, 0.3) is 5.56 Å². The van der Waals surface area contributed by atoms with Crippen LogP contribution in [0.1, 0.15) is 32.1 Å². The molecule has 4 atom stereocenters. The average Bonchev–Trinajstić information content (AvgIpc) is 3.41. The molecule has 3 aliphatic rings. The van der Waals surface area contributed by atoms with Crippen LogP contribution in [0, 0.1) is 5.82 Å². The van der Waals surface area contributed by atoms with Crippen LogP contribution in [0.3, 0.4) is 0 Å². The quantitative estimate of drug-likeness (QED) is 0.529. The second kappa shape index (κ2) is 8.63. The number of hydrogen-bond donors (Lipinski definition) is 2. The number of phenols is 1. The maximum atomic E-state index is 15.3. The Labute approximate surface area is 203 Å². The summed E-state index contributed by atoms with van der Waals surface area (Å²) >= 11 is 1.21. The summed E-state index contributed by atoms with van der Waals surface area (Å²) < 4.78 is 44.0. The van der Waals surface area contributed by atoms with E-state index < -0.39 is 24.3 Å². The molecule has 184 valence electrons. The SMILES string of the molecule is O=c1cc(-c2cc(O)c(-c3nnc(N(C4CC4)C4CC5CCC(N5)C4F)s3)cc2F)ccn1CF. The zero-order chi connectivity index (χ0) is 24.3. The Balaban J connectivity index is 1.31. The van der Waals surface area contributed by atoms with E-state index in [-0.39, 0.29) is 40.6 Å².